The Morgan fingerprint density at radius 1 is 1.08 bits per heavy atom. The monoisotopic (exact) mass is 358 g/mol. The summed E-state index contributed by atoms with van der Waals surface area (Å²) in [6.07, 6.45) is 0.669. The van der Waals surface area contributed by atoms with Crippen molar-refractivity contribution in [2.45, 2.75) is 38.3 Å². The van der Waals surface area contributed by atoms with E-state index in [1.54, 1.807) is 4.90 Å². The predicted octanol–water partition coefficient (Wildman–Crippen LogP) is 3.16. The van der Waals surface area contributed by atoms with Crippen LogP contribution in [0.5, 0.6) is 0 Å². The first-order valence-electron chi connectivity index (χ1n) is 8.25. The summed E-state index contributed by atoms with van der Waals surface area (Å²) in [4.78, 5) is 30.5. The zero-order chi connectivity index (χ0) is 18.3. The number of hydrogen-bond acceptors (Lipinski definition) is 3. The molecular weight excluding hydrogens is 337 g/mol. The minimum absolute atomic E-state index is 0.187. The van der Waals surface area contributed by atoms with E-state index in [0.717, 1.165) is 43.9 Å². The third kappa shape index (κ3) is 6.04. The van der Waals surface area contributed by atoms with Crippen molar-refractivity contribution < 1.29 is 27.6 Å². The van der Waals surface area contributed by atoms with Gasteiger partial charge in [-0.2, -0.15) is 13.2 Å². The van der Waals surface area contributed by atoms with Crippen LogP contribution in [0.3, 0.4) is 0 Å². The predicted molar refractivity (Wildman–Crippen MR) is 84.5 cm³/mol. The van der Waals surface area contributed by atoms with Crippen LogP contribution in [0.15, 0.2) is 24.3 Å². The van der Waals surface area contributed by atoms with Gasteiger partial charge in [-0.1, -0.05) is 25.3 Å². The van der Waals surface area contributed by atoms with Gasteiger partial charge >= 0.3 is 6.18 Å². The highest BCUT2D eigenvalue weighted by molar-refractivity contribution is 5.93. The number of carbonyl (C=O) groups excluding carboxylic acids is 2. The Balaban J connectivity index is 1.82. The number of halogens is 3. The van der Waals surface area contributed by atoms with Gasteiger partial charge in [0.1, 0.15) is 0 Å². The Hall–Kier alpha value is -2.09. The molecule has 25 heavy (non-hydrogen) atoms. The van der Waals surface area contributed by atoms with Crippen molar-refractivity contribution in [2.75, 3.05) is 19.7 Å². The summed E-state index contributed by atoms with van der Waals surface area (Å²) in [5.74, 6) is -1.07. The standard InChI is InChI=1S/C17H21F3N2O3/c18-17(19,20)14-8-6-7-13(11-14)16(24)21-25-12-15(23)22-9-4-2-1-3-5-10-22/h6-8,11H,1-5,9-10,12H2,(H,21,24). The van der Waals surface area contributed by atoms with Crippen LogP contribution in [0.25, 0.3) is 0 Å². The van der Waals surface area contributed by atoms with Crippen LogP contribution in [0, 0.1) is 0 Å². The fourth-order valence-electron chi connectivity index (χ4n) is 2.65. The topological polar surface area (TPSA) is 58.6 Å². The van der Waals surface area contributed by atoms with Crippen LogP contribution in [0.2, 0.25) is 0 Å². The zero-order valence-electron chi connectivity index (χ0n) is 13.8. The van der Waals surface area contributed by atoms with Gasteiger partial charge in [0.2, 0.25) is 0 Å². The average molecular weight is 358 g/mol. The number of alkyl halides is 3. The van der Waals surface area contributed by atoms with Crippen molar-refractivity contribution in [2.24, 2.45) is 0 Å². The van der Waals surface area contributed by atoms with Gasteiger partial charge in [0.25, 0.3) is 11.8 Å². The van der Waals surface area contributed by atoms with Crippen LogP contribution in [0.4, 0.5) is 13.2 Å². The highest BCUT2D eigenvalue weighted by atomic mass is 19.4. The number of likely N-dealkylation sites (tertiary alicyclic amines) is 1. The lowest BCUT2D eigenvalue weighted by molar-refractivity contribution is -0.138. The third-order valence-corrected chi connectivity index (χ3v) is 4.02. The largest absolute Gasteiger partial charge is 0.416 e. The van der Waals surface area contributed by atoms with E-state index in [-0.39, 0.29) is 18.1 Å². The molecular formula is C17H21F3N2O3. The molecule has 0 spiro atoms. The van der Waals surface area contributed by atoms with E-state index in [4.69, 9.17) is 4.84 Å². The number of benzene rings is 1. The second-order valence-electron chi connectivity index (χ2n) is 5.95. The number of carbonyl (C=O) groups is 2. The molecule has 1 aromatic carbocycles. The molecule has 1 fully saturated rings. The molecule has 1 N–H and O–H groups in total. The van der Waals surface area contributed by atoms with E-state index in [0.29, 0.717) is 13.1 Å². The lowest BCUT2D eigenvalue weighted by Crippen LogP contribution is -2.38. The van der Waals surface area contributed by atoms with Gasteiger partial charge in [0.05, 0.1) is 5.56 Å². The number of amides is 2. The summed E-state index contributed by atoms with van der Waals surface area (Å²) < 4.78 is 37.9. The summed E-state index contributed by atoms with van der Waals surface area (Å²) in [5, 5.41) is 0. The third-order valence-electron chi connectivity index (χ3n) is 4.02. The molecule has 8 heteroatoms. The minimum atomic E-state index is -4.53. The summed E-state index contributed by atoms with van der Waals surface area (Å²) in [6.45, 7) is 0.970. The lowest BCUT2D eigenvalue weighted by atomic mass is 10.1. The number of hydroxylamine groups is 1. The quantitative estimate of drug-likeness (QED) is 0.841. The van der Waals surface area contributed by atoms with Crippen LogP contribution in [-0.2, 0) is 15.8 Å². The molecule has 1 aromatic rings. The molecule has 0 radical (unpaired) electrons. The molecule has 2 rings (SSSR count). The van der Waals surface area contributed by atoms with E-state index < -0.39 is 17.6 Å². The van der Waals surface area contributed by atoms with Crippen molar-refractivity contribution in [3.05, 3.63) is 35.4 Å². The van der Waals surface area contributed by atoms with Crippen molar-refractivity contribution >= 4 is 11.8 Å². The fraction of sp³-hybridized carbons (Fsp3) is 0.529. The molecule has 0 unspecified atom stereocenters. The Kier molecular flexibility index (Phi) is 6.81. The maximum atomic E-state index is 12.6. The summed E-state index contributed by atoms with van der Waals surface area (Å²) in [7, 11) is 0. The van der Waals surface area contributed by atoms with Crippen LogP contribution < -0.4 is 5.48 Å². The Bertz CT molecular complexity index is 597. The molecule has 1 aliphatic heterocycles. The van der Waals surface area contributed by atoms with E-state index in [1.165, 1.54) is 12.5 Å². The van der Waals surface area contributed by atoms with Gasteiger partial charge in [0.15, 0.2) is 6.61 Å². The van der Waals surface area contributed by atoms with Crippen LogP contribution in [0.1, 0.15) is 48.0 Å². The number of nitrogens with one attached hydrogen (secondary N) is 1. The normalized spacial score (nSPS) is 16.0. The number of rotatable bonds is 4. The molecule has 138 valence electrons. The summed E-state index contributed by atoms with van der Waals surface area (Å²) >= 11 is 0. The fourth-order valence-corrected chi connectivity index (χ4v) is 2.65. The van der Waals surface area contributed by atoms with Crippen LogP contribution >= 0.6 is 0 Å². The Morgan fingerprint density at radius 2 is 1.72 bits per heavy atom. The SMILES string of the molecule is O=C(NOCC(=O)N1CCCCCCC1)c1cccc(C(F)(F)F)c1. The Morgan fingerprint density at radius 3 is 2.36 bits per heavy atom. The molecule has 1 aliphatic rings. The van der Waals surface area contributed by atoms with Crippen LogP contribution in [-0.4, -0.2) is 36.4 Å². The van der Waals surface area contributed by atoms with E-state index in [9.17, 15) is 22.8 Å². The van der Waals surface area contributed by atoms with Crippen molar-refractivity contribution in [3.8, 4) is 0 Å². The second-order valence-corrected chi connectivity index (χ2v) is 5.95. The first-order valence-corrected chi connectivity index (χ1v) is 8.25. The first-order chi connectivity index (χ1) is 11.9. The minimum Gasteiger partial charge on any atom is -0.341 e. The van der Waals surface area contributed by atoms with Gasteiger partial charge < -0.3 is 4.90 Å². The van der Waals surface area contributed by atoms with Crippen molar-refractivity contribution in [1.82, 2.24) is 10.4 Å². The molecule has 1 saturated heterocycles. The summed E-state index contributed by atoms with van der Waals surface area (Å²) in [5.41, 5.74) is 0.916. The molecule has 2 amide bonds. The highest BCUT2D eigenvalue weighted by Gasteiger charge is 2.30. The van der Waals surface area contributed by atoms with Gasteiger partial charge in [-0.15, -0.1) is 0 Å². The maximum absolute atomic E-state index is 12.6. The number of nitrogens with zero attached hydrogens (tertiary/aromatic N) is 1. The highest BCUT2D eigenvalue weighted by Crippen LogP contribution is 2.29. The van der Waals surface area contributed by atoms with Gasteiger partial charge in [-0.25, -0.2) is 5.48 Å². The van der Waals surface area contributed by atoms with E-state index >= 15 is 0 Å². The maximum Gasteiger partial charge on any atom is 0.416 e. The van der Waals surface area contributed by atoms with Gasteiger partial charge in [0, 0.05) is 18.7 Å². The first kappa shape index (κ1) is 19.2. The average Bonchev–Trinajstić information content (AvgIpc) is 2.53. The smallest absolute Gasteiger partial charge is 0.341 e. The molecule has 5 nitrogen and oxygen atoms in total. The lowest BCUT2D eigenvalue weighted by Gasteiger charge is -2.24. The molecule has 0 atom stereocenters. The van der Waals surface area contributed by atoms with Gasteiger partial charge in [-0.3, -0.25) is 14.4 Å². The molecule has 1 heterocycles. The Labute approximate surface area is 144 Å². The van der Waals surface area contributed by atoms with E-state index in [2.05, 4.69) is 0 Å². The molecule has 0 saturated carbocycles. The second kappa shape index (κ2) is 8.84. The molecule has 0 aliphatic carbocycles. The molecule has 0 aromatic heterocycles. The van der Waals surface area contributed by atoms with Crippen molar-refractivity contribution in [1.29, 1.82) is 0 Å². The molecule has 0 bridgehead atoms. The zero-order valence-corrected chi connectivity index (χ0v) is 13.8. The van der Waals surface area contributed by atoms with Gasteiger partial charge in [-0.05, 0) is 31.0 Å². The number of hydrogen-bond donors (Lipinski definition) is 1. The van der Waals surface area contributed by atoms with E-state index in [1.807, 2.05) is 5.48 Å². The van der Waals surface area contributed by atoms with Crippen molar-refractivity contribution in [3.63, 3.8) is 0 Å². The summed E-state index contributed by atoms with van der Waals surface area (Å²) in [6, 6.07) is 4.00.